The first-order chi connectivity index (χ1) is 13.0. The third kappa shape index (κ3) is 4.28. The predicted molar refractivity (Wildman–Crippen MR) is 104 cm³/mol. The fourth-order valence-corrected chi connectivity index (χ4v) is 3.47. The number of nitrogens with one attached hydrogen (secondary N) is 1. The zero-order valence-electron chi connectivity index (χ0n) is 15.7. The maximum absolute atomic E-state index is 12.2. The van der Waals surface area contributed by atoms with Gasteiger partial charge in [-0.15, -0.1) is 11.3 Å². The molecule has 0 spiro atoms. The number of hydrogen-bond acceptors (Lipinski definition) is 7. The SMILES string of the molecule is COc1ccc(-c2csc(NC(=O)CCc3c(C)noc3C)n2)cc1OC. The maximum Gasteiger partial charge on any atom is 0.226 e. The van der Waals surface area contributed by atoms with E-state index in [0.717, 1.165) is 28.3 Å². The molecule has 0 radical (unpaired) electrons. The number of anilines is 1. The lowest BCUT2D eigenvalue weighted by atomic mass is 10.1. The molecule has 142 valence electrons. The highest BCUT2D eigenvalue weighted by Crippen LogP contribution is 2.33. The van der Waals surface area contributed by atoms with E-state index >= 15 is 0 Å². The van der Waals surface area contributed by atoms with E-state index in [0.29, 0.717) is 29.5 Å². The second-order valence-corrected chi connectivity index (χ2v) is 6.82. The van der Waals surface area contributed by atoms with E-state index in [4.69, 9.17) is 14.0 Å². The highest BCUT2D eigenvalue weighted by molar-refractivity contribution is 7.14. The molecule has 1 aromatic carbocycles. The van der Waals surface area contributed by atoms with Gasteiger partial charge in [0.25, 0.3) is 0 Å². The van der Waals surface area contributed by atoms with Crippen molar-refractivity contribution in [2.24, 2.45) is 0 Å². The van der Waals surface area contributed by atoms with Crippen molar-refractivity contribution in [2.45, 2.75) is 26.7 Å². The Hall–Kier alpha value is -2.87. The molecule has 0 saturated heterocycles. The van der Waals surface area contributed by atoms with Crippen molar-refractivity contribution in [2.75, 3.05) is 19.5 Å². The normalized spacial score (nSPS) is 10.7. The Kier molecular flexibility index (Phi) is 5.75. The highest BCUT2D eigenvalue weighted by atomic mass is 32.1. The number of hydrogen-bond donors (Lipinski definition) is 1. The number of methoxy groups -OCH3 is 2. The van der Waals surface area contributed by atoms with Gasteiger partial charge in [0.2, 0.25) is 5.91 Å². The van der Waals surface area contributed by atoms with E-state index in [-0.39, 0.29) is 5.91 Å². The van der Waals surface area contributed by atoms with E-state index in [1.54, 1.807) is 14.2 Å². The van der Waals surface area contributed by atoms with Gasteiger partial charge in [0.15, 0.2) is 16.6 Å². The lowest BCUT2D eigenvalue weighted by molar-refractivity contribution is -0.116. The summed E-state index contributed by atoms with van der Waals surface area (Å²) in [5, 5.41) is 9.20. The van der Waals surface area contributed by atoms with Gasteiger partial charge in [0.05, 0.1) is 25.6 Å². The lowest BCUT2D eigenvalue weighted by Crippen LogP contribution is -2.12. The van der Waals surface area contributed by atoms with Gasteiger partial charge in [0.1, 0.15) is 5.76 Å². The van der Waals surface area contributed by atoms with Gasteiger partial charge < -0.3 is 19.3 Å². The highest BCUT2D eigenvalue weighted by Gasteiger charge is 2.13. The predicted octanol–water partition coefficient (Wildman–Crippen LogP) is 4.00. The van der Waals surface area contributed by atoms with Crippen LogP contribution in [0.5, 0.6) is 11.5 Å². The number of rotatable bonds is 7. The number of aromatic nitrogens is 2. The molecule has 0 aliphatic carbocycles. The number of nitrogens with zero attached hydrogens (tertiary/aromatic N) is 2. The first-order valence-corrected chi connectivity index (χ1v) is 9.29. The minimum atomic E-state index is -0.0942. The lowest BCUT2D eigenvalue weighted by Gasteiger charge is -2.08. The van der Waals surface area contributed by atoms with Crippen molar-refractivity contribution in [3.05, 3.63) is 40.6 Å². The van der Waals surface area contributed by atoms with Crippen LogP contribution in [-0.4, -0.2) is 30.3 Å². The molecule has 0 bridgehead atoms. The number of amides is 1. The average Bonchev–Trinajstić information content (AvgIpc) is 3.26. The summed E-state index contributed by atoms with van der Waals surface area (Å²) >= 11 is 1.38. The van der Waals surface area contributed by atoms with Crippen LogP contribution in [0.1, 0.15) is 23.4 Å². The topological polar surface area (TPSA) is 86.5 Å². The standard InChI is InChI=1S/C19H21N3O4S/c1-11-14(12(2)26-22-11)6-8-18(23)21-19-20-15(10-27-19)13-5-7-16(24-3)17(9-13)25-4/h5,7,9-10H,6,8H2,1-4H3,(H,20,21,23). The van der Waals surface area contributed by atoms with Crippen molar-refractivity contribution in [3.8, 4) is 22.8 Å². The quantitative estimate of drug-likeness (QED) is 0.659. The largest absolute Gasteiger partial charge is 0.493 e. The molecule has 0 fully saturated rings. The van der Waals surface area contributed by atoms with Gasteiger partial charge in [-0.05, 0) is 38.5 Å². The second-order valence-electron chi connectivity index (χ2n) is 5.96. The first-order valence-electron chi connectivity index (χ1n) is 8.41. The molecule has 2 heterocycles. The molecule has 0 atom stereocenters. The zero-order valence-corrected chi connectivity index (χ0v) is 16.5. The summed E-state index contributed by atoms with van der Waals surface area (Å²) in [5.41, 5.74) is 3.46. The molecule has 1 amide bonds. The van der Waals surface area contributed by atoms with E-state index in [1.165, 1.54) is 11.3 Å². The Labute approximate surface area is 161 Å². The zero-order chi connectivity index (χ0) is 19.4. The van der Waals surface area contributed by atoms with Gasteiger partial charge in [-0.3, -0.25) is 4.79 Å². The molecule has 2 aromatic heterocycles. The van der Waals surface area contributed by atoms with Crippen LogP contribution in [0.25, 0.3) is 11.3 Å². The smallest absolute Gasteiger partial charge is 0.226 e. The summed E-state index contributed by atoms with van der Waals surface area (Å²) in [6.45, 7) is 3.73. The summed E-state index contributed by atoms with van der Waals surface area (Å²) in [6.07, 6.45) is 0.926. The monoisotopic (exact) mass is 387 g/mol. The fraction of sp³-hybridized carbons (Fsp3) is 0.316. The van der Waals surface area contributed by atoms with Crippen LogP contribution < -0.4 is 14.8 Å². The van der Waals surface area contributed by atoms with E-state index in [2.05, 4.69) is 15.5 Å². The Bertz CT molecular complexity index is 929. The number of thiazole rings is 1. The second kappa shape index (κ2) is 8.22. The van der Waals surface area contributed by atoms with Crippen molar-refractivity contribution in [1.82, 2.24) is 10.1 Å². The fourth-order valence-electron chi connectivity index (χ4n) is 2.74. The molecule has 3 aromatic rings. The van der Waals surface area contributed by atoms with Crippen LogP contribution in [0.15, 0.2) is 28.1 Å². The van der Waals surface area contributed by atoms with Crippen LogP contribution in [0, 0.1) is 13.8 Å². The van der Waals surface area contributed by atoms with Crippen LogP contribution in [0.2, 0.25) is 0 Å². The summed E-state index contributed by atoms with van der Waals surface area (Å²) < 4.78 is 15.7. The van der Waals surface area contributed by atoms with Gasteiger partial charge in [-0.25, -0.2) is 4.98 Å². The number of carbonyl (C=O) groups is 1. The Morgan fingerprint density at radius 3 is 2.67 bits per heavy atom. The van der Waals surface area contributed by atoms with E-state index in [1.807, 2.05) is 37.4 Å². The molecule has 7 nitrogen and oxygen atoms in total. The third-order valence-corrected chi connectivity index (χ3v) is 4.97. The van der Waals surface area contributed by atoms with Gasteiger partial charge >= 0.3 is 0 Å². The Morgan fingerprint density at radius 1 is 1.22 bits per heavy atom. The molecular formula is C19H21N3O4S. The summed E-state index contributed by atoms with van der Waals surface area (Å²) in [5.74, 6) is 1.95. The Morgan fingerprint density at radius 2 is 2.00 bits per heavy atom. The maximum atomic E-state index is 12.2. The molecule has 0 saturated carbocycles. The van der Waals surface area contributed by atoms with Crippen molar-refractivity contribution in [1.29, 1.82) is 0 Å². The van der Waals surface area contributed by atoms with Crippen LogP contribution in [-0.2, 0) is 11.2 Å². The van der Waals surface area contributed by atoms with Crippen LogP contribution in [0.4, 0.5) is 5.13 Å². The van der Waals surface area contributed by atoms with Crippen LogP contribution >= 0.6 is 11.3 Å². The first kappa shape index (κ1) is 18.9. The summed E-state index contributed by atoms with van der Waals surface area (Å²) in [4.78, 5) is 16.7. The summed E-state index contributed by atoms with van der Waals surface area (Å²) in [7, 11) is 3.18. The molecule has 0 aliphatic rings. The average molecular weight is 387 g/mol. The van der Waals surface area contributed by atoms with Gasteiger partial charge in [-0.1, -0.05) is 5.16 Å². The minimum absolute atomic E-state index is 0.0942. The molecule has 27 heavy (non-hydrogen) atoms. The molecule has 0 unspecified atom stereocenters. The van der Waals surface area contributed by atoms with Gasteiger partial charge in [0, 0.05) is 22.9 Å². The number of aryl methyl sites for hydroxylation is 2. The minimum Gasteiger partial charge on any atom is -0.493 e. The van der Waals surface area contributed by atoms with Gasteiger partial charge in [-0.2, -0.15) is 0 Å². The third-order valence-electron chi connectivity index (χ3n) is 4.21. The number of carbonyl (C=O) groups excluding carboxylic acids is 1. The molecule has 3 rings (SSSR count). The number of ether oxygens (including phenoxy) is 2. The molecule has 1 N–H and O–H groups in total. The molecule has 8 heteroatoms. The van der Waals surface area contributed by atoms with Crippen molar-refractivity contribution >= 4 is 22.4 Å². The molecular weight excluding hydrogens is 366 g/mol. The Balaban J connectivity index is 1.65. The van der Waals surface area contributed by atoms with Crippen LogP contribution in [0.3, 0.4) is 0 Å². The van der Waals surface area contributed by atoms with E-state index < -0.39 is 0 Å². The van der Waals surface area contributed by atoms with Crippen molar-refractivity contribution in [3.63, 3.8) is 0 Å². The summed E-state index contributed by atoms with van der Waals surface area (Å²) in [6, 6.07) is 5.59. The van der Waals surface area contributed by atoms with E-state index in [9.17, 15) is 4.79 Å². The number of benzene rings is 1. The molecule has 0 aliphatic heterocycles. The van der Waals surface area contributed by atoms with Crippen molar-refractivity contribution < 1.29 is 18.8 Å².